The van der Waals surface area contributed by atoms with E-state index in [-0.39, 0.29) is 11.9 Å². The lowest BCUT2D eigenvalue weighted by molar-refractivity contribution is 0.241. The summed E-state index contributed by atoms with van der Waals surface area (Å²) in [7, 11) is 0. The van der Waals surface area contributed by atoms with Crippen LogP contribution < -0.4 is 4.74 Å². The normalized spacial score (nSPS) is 10.6. The molecule has 72 valence electrons. The first-order chi connectivity index (χ1) is 6.00. The van der Waals surface area contributed by atoms with Gasteiger partial charge in [0.2, 0.25) is 0 Å². The first-order valence-corrected chi connectivity index (χ1v) is 4.99. The Balaban J connectivity index is 3.05. The summed E-state index contributed by atoms with van der Waals surface area (Å²) in [6, 6.07) is 2.57. The lowest BCUT2D eigenvalue weighted by Crippen LogP contribution is -2.06. The van der Waals surface area contributed by atoms with Gasteiger partial charge in [0.25, 0.3) is 0 Å². The maximum absolute atomic E-state index is 12.9. The summed E-state index contributed by atoms with van der Waals surface area (Å²) < 4.78 is 18.7. The molecule has 0 saturated heterocycles. The second-order valence-electron chi connectivity index (χ2n) is 2.87. The van der Waals surface area contributed by atoms with Gasteiger partial charge in [0.15, 0.2) is 0 Å². The number of hydrogen-bond donors (Lipinski definition) is 0. The number of ether oxygens (including phenoxy) is 1. The van der Waals surface area contributed by atoms with E-state index in [4.69, 9.17) is 16.3 Å². The molecule has 0 aliphatic rings. The Kier molecular flexibility index (Phi) is 3.56. The van der Waals surface area contributed by atoms with Gasteiger partial charge in [-0.1, -0.05) is 11.6 Å². The predicted octanol–water partition coefficient (Wildman–Crippen LogP) is 4.03. The molecule has 0 atom stereocenters. The highest BCUT2D eigenvalue weighted by Crippen LogP contribution is 2.33. The van der Waals surface area contributed by atoms with Crippen molar-refractivity contribution in [3.8, 4) is 5.75 Å². The molecule has 0 bridgehead atoms. The lowest BCUT2D eigenvalue weighted by Gasteiger charge is -2.11. The molecule has 0 unspecified atom stereocenters. The molecule has 0 aliphatic heterocycles. The largest absolute Gasteiger partial charge is 0.489 e. The van der Waals surface area contributed by atoms with Crippen molar-refractivity contribution < 1.29 is 9.13 Å². The predicted molar refractivity (Wildman–Crippen MR) is 54.9 cm³/mol. The fourth-order valence-corrected chi connectivity index (χ4v) is 1.44. The third kappa shape index (κ3) is 2.85. The molecule has 0 fully saturated rings. The molecule has 1 rings (SSSR count). The SMILES string of the molecule is CC(C)Oc1cc(F)cc(Br)c1Cl. The second-order valence-corrected chi connectivity index (χ2v) is 4.10. The van der Waals surface area contributed by atoms with E-state index < -0.39 is 0 Å². The van der Waals surface area contributed by atoms with Crippen LogP contribution in [0.1, 0.15) is 13.8 Å². The lowest BCUT2D eigenvalue weighted by atomic mass is 10.3. The van der Waals surface area contributed by atoms with Gasteiger partial charge in [-0.05, 0) is 35.8 Å². The van der Waals surface area contributed by atoms with Crippen LogP contribution in [-0.2, 0) is 0 Å². The van der Waals surface area contributed by atoms with Crippen molar-refractivity contribution in [2.45, 2.75) is 20.0 Å². The van der Waals surface area contributed by atoms with Crippen LogP contribution in [0.2, 0.25) is 5.02 Å². The third-order valence-electron chi connectivity index (χ3n) is 1.32. The van der Waals surface area contributed by atoms with Gasteiger partial charge in [-0.3, -0.25) is 0 Å². The van der Waals surface area contributed by atoms with Gasteiger partial charge < -0.3 is 4.74 Å². The smallest absolute Gasteiger partial charge is 0.142 e. The zero-order valence-corrected chi connectivity index (χ0v) is 9.62. The summed E-state index contributed by atoms with van der Waals surface area (Å²) in [5.41, 5.74) is 0. The van der Waals surface area contributed by atoms with Crippen molar-refractivity contribution in [1.82, 2.24) is 0 Å². The quantitative estimate of drug-likeness (QED) is 0.735. The summed E-state index contributed by atoms with van der Waals surface area (Å²) >= 11 is 9.01. The highest BCUT2D eigenvalue weighted by molar-refractivity contribution is 9.10. The van der Waals surface area contributed by atoms with E-state index >= 15 is 0 Å². The van der Waals surface area contributed by atoms with Gasteiger partial charge in [-0.2, -0.15) is 0 Å². The molecule has 0 heterocycles. The van der Waals surface area contributed by atoms with Crippen LogP contribution in [0.15, 0.2) is 16.6 Å². The summed E-state index contributed by atoms with van der Waals surface area (Å²) in [5, 5.41) is 0.398. The molecular formula is C9H9BrClFO. The Morgan fingerprint density at radius 3 is 2.62 bits per heavy atom. The van der Waals surface area contributed by atoms with Crippen molar-refractivity contribution >= 4 is 27.5 Å². The van der Waals surface area contributed by atoms with Crippen molar-refractivity contribution in [2.75, 3.05) is 0 Å². The van der Waals surface area contributed by atoms with Gasteiger partial charge in [0, 0.05) is 10.5 Å². The zero-order valence-electron chi connectivity index (χ0n) is 7.27. The molecular weight excluding hydrogens is 258 g/mol. The van der Waals surface area contributed by atoms with Gasteiger partial charge in [0.1, 0.15) is 11.6 Å². The van der Waals surface area contributed by atoms with Crippen molar-refractivity contribution in [3.63, 3.8) is 0 Å². The maximum atomic E-state index is 12.9. The van der Waals surface area contributed by atoms with Crippen LogP contribution in [-0.4, -0.2) is 6.10 Å². The van der Waals surface area contributed by atoms with Crippen LogP contribution in [0, 0.1) is 5.82 Å². The number of rotatable bonds is 2. The van der Waals surface area contributed by atoms with Gasteiger partial charge in [-0.25, -0.2) is 4.39 Å². The van der Waals surface area contributed by atoms with Crippen LogP contribution in [0.4, 0.5) is 4.39 Å². The number of hydrogen-bond acceptors (Lipinski definition) is 1. The molecule has 1 nitrogen and oxygen atoms in total. The van der Waals surface area contributed by atoms with Crippen LogP contribution in [0.25, 0.3) is 0 Å². The first kappa shape index (κ1) is 10.8. The standard InChI is InChI=1S/C9H9BrClFO/c1-5(2)13-8-4-6(12)3-7(10)9(8)11/h3-5H,1-2H3. The number of halogens is 3. The summed E-state index contributed by atoms with van der Waals surface area (Å²) in [6.45, 7) is 3.71. The fraction of sp³-hybridized carbons (Fsp3) is 0.333. The highest BCUT2D eigenvalue weighted by atomic mass is 79.9. The Labute approximate surface area is 90.0 Å². The zero-order chi connectivity index (χ0) is 10.0. The summed E-state index contributed by atoms with van der Waals surface area (Å²) in [6.07, 6.45) is -0.0220. The molecule has 0 aromatic heterocycles. The molecule has 0 spiro atoms. The maximum Gasteiger partial charge on any atom is 0.142 e. The van der Waals surface area contributed by atoms with E-state index in [1.54, 1.807) is 0 Å². The molecule has 0 saturated carbocycles. The second kappa shape index (κ2) is 4.29. The van der Waals surface area contributed by atoms with Crippen LogP contribution in [0.5, 0.6) is 5.75 Å². The van der Waals surface area contributed by atoms with Gasteiger partial charge in [0.05, 0.1) is 11.1 Å². The van der Waals surface area contributed by atoms with E-state index in [0.29, 0.717) is 15.2 Å². The van der Waals surface area contributed by atoms with E-state index in [2.05, 4.69) is 15.9 Å². The molecule has 1 aromatic rings. The molecule has 4 heteroatoms. The highest BCUT2D eigenvalue weighted by Gasteiger charge is 2.09. The minimum Gasteiger partial charge on any atom is -0.489 e. The Hall–Kier alpha value is -0.280. The summed E-state index contributed by atoms with van der Waals surface area (Å²) in [4.78, 5) is 0. The third-order valence-corrected chi connectivity index (χ3v) is 2.57. The molecule has 0 aliphatic carbocycles. The Morgan fingerprint density at radius 1 is 1.46 bits per heavy atom. The summed E-state index contributed by atoms with van der Waals surface area (Å²) in [5.74, 6) is -0.00420. The fourth-order valence-electron chi connectivity index (χ4n) is 0.872. The monoisotopic (exact) mass is 266 g/mol. The molecule has 0 amide bonds. The topological polar surface area (TPSA) is 9.23 Å². The average molecular weight is 268 g/mol. The van der Waals surface area contributed by atoms with Crippen molar-refractivity contribution in [2.24, 2.45) is 0 Å². The molecule has 1 aromatic carbocycles. The van der Waals surface area contributed by atoms with Gasteiger partial charge >= 0.3 is 0 Å². The van der Waals surface area contributed by atoms with Crippen molar-refractivity contribution in [1.29, 1.82) is 0 Å². The van der Waals surface area contributed by atoms with Gasteiger partial charge in [-0.15, -0.1) is 0 Å². The minimum atomic E-state index is -0.369. The van der Waals surface area contributed by atoms with Crippen molar-refractivity contribution in [3.05, 3.63) is 27.4 Å². The van der Waals surface area contributed by atoms with E-state index in [0.717, 1.165) is 0 Å². The Morgan fingerprint density at radius 2 is 2.08 bits per heavy atom. The average Bonchev–Trinajstić information content (AvgIpc) is 1.98. The molecule has 0 N–H and O–H groups in total. The van der Waals surface area contributed by atoms with E-state index in [1.165, 1.54) is 12.1 Å². The molecule has 0 radical (unpaired) electrons. The minimum absolute atomic E-state index is 0.0220. The molecule has 13 heavy (non-hydrogen) atoms. The van der Waals surface area contributed by atoms with E-state index in [9.17, 15) is 4.39 Å². The number of benzene rings is 1. The van der Waals surface area contributed by atoms with Crippen LogP contribution in [0.3, 0.4) is 0 Å². The van der Waals surface area contributed by atoms with Crippen LogP contribution >= 0.6 is 27.5 Å². The Bertz CT molecular complexity index is 315. The van der Waals surface area contributed by atoms with E-state index in [1.807, 2.05) is 13.8 Å². The first-order valence-electron chi connectivity index (χ1n) is 3.82.